The lowest BCUT2D eigenvalue weighted by Crippen LogP contribution is -2.54. The number of ether oxygens (including phenoxy) is 1. The monoisotopic (exact) mass is 280 g/mol. The molecule has 1 saturated heterocycles. The zero-order valence-electron chi connectivity index (χ0n) is 13.1. The molecule has 0 bridgehead atoms. The zero-order valence-corrected chi connectivity index (χ0v) is 13.1. The number of methoxy groups -OCH3 is 1. The first-order valence-corrected chi connectivity index (χ1v) is 8.90. The van der Waals surface area contributed by atoms with Crippen LogP contribution in [0.1, 0.15) is 64.2 Å². The normalized spacial score (nSPS) is 42.8. The Bertz CT molecular complexity index is 291. The summed E-state index contributed by atoms with van der Waals surface area (Å²) in [6, 6.07) is 2.10. The van der Waals surface area contributed by atoms with E-state index in [-0.39, 0.29) is 0 Å². The minimum Gasteiger partial charge on any atom is -0.380 e. The van der Waals surface area contributed by atoms with Crippen LogP contribution in [0.15, 0.2) is 0 Å². The Labute approximate surface area is 124 Å². The van der Waals surface area contributed by atoms with Crippen LogP contribution >= 0.6 is 0 Å². The highest BCUT2D eigenvalue weighted by Gasteiger charge is 2.36. The van der Waals surface area contributed by atoms with Gasteiger partial charge in [-0.3, -0.25) is 0 Å². The van der Waals surface area contributed by atoms with Gasteiger partial charge in [0.05, 0.1) is 6.10 Å². The van der Waals surface area contributed by atoms with Gasteiger partial charge in [0.1, 0.15) is 0 Å². The average molecular weight is 280 g/mol. The molecule has 1 aliphatic heterocycles. The van der Waals surface area contributed by atoms with Gasteiger partial charge in [-0.1, -0.05) is 19.3 Å². The number of nitrogens with one attached hydrogen (secondary N) is 2. The maximum Gasteiger partial charge on any atom is 0.0724 e. The van der Waals surface area contributed by atoms with Gasteiger partial charge in [0.25, 0.3) is 0 Å². The predicted molar refractivity (Wildman–Crippen MR) is 83.0 cm³/mol. The number of hydrogen-bond acceptors (Lipinski definition) is 3. The highest BCUT2D eigenvalue weighted by molar-refractivity contribution is 4.94. The summed E-state index contributed by atoms with van der Waals surface area (Å²) in [5.74, 6) is 0.849. The predicted octanol–water partition coefficient (Wildman–Crippen LogP) is 2.84. The van der Waals surface area contributed by atoms with Crippen molar-refractivity contribution < 1.29 is 4.74 Å². The van der Waals surface area contributed by atoms with Gasteiger partial charge in [-0.25, -0.2) is 0 Å². The van der Waals surface area contributed by atoms with E-state index >= 15 is 0 Å². The van der Waals surface area contributed by atoms with E-state index in [1.54, 1.807) is 0 Å². The third-order valence-electron chi connectivity index (χ3n) is 5.87. The molecule has 3 nitrogen and oxygen atoms in total. The van der Waals surface area contributed by atoms with E-state index in [1.165, 1.54) is 70.8 Å². The van der Waals surface area contributed by atoms with Crippen molar-refractivity contribution in [3.05, 3.63) is 0 Å². The molecule has 0 aromatic carbocycles. The maximum atomic E-state index is 5.67. The molecule has 3 heteroatoms. The molecule has 2 aliphatic carbocycles. The Kier molecular flexibility index (Phi) is 5.36. The first-order chi connectivity index (χ1) is 9.88. The van der Waals surface area contributed by atoms with Crippen molar-refractivity contribution in [2.45, 2.75) is 88.4 Å². The molecule has 0 radical (unpaired) electrons. The molecule has 3 fully saturated rings. The molecule has 5 unspecified atom stereocenters. The van der Waals surface area contributed by atoms with Crippen LogP contribution < -0.4 is 10.6 Å². The van der Waals surface area contributed by atoms with E-state index in [2.05, 4.69) is 10.6 Å². The van der Waals surface area contributed by atoms with Crippen molar-refractivity contribution in [3.63, 3.8) is 0 Å². The average Bonchev–Trinajstić information content (AvgIpc) is 2.96. The van der Waals surface area contributed by atoms with Crippen LogP contribution in [0.2, 0.25) is 0 Å². The standard InChI is InChI=1S/C17H32N2O/c1-20-17-11-6-10-16(17)19-15-9-3-2-7-13(15)14-8-4-5-12-18-14/h13-19H,2-12H2,1H3. The van der Waals surface area contributed by atoms with E-state index in [4.69, 9.17) is 4.74 Å². The van der Waals surface area contributed by atoms with Crippen LogP contribution in [0.5, 0.6) is 0 Å². The van der Waals surface area contributed by atoms with E-state index in [9.17, 15) is 0 Å². The molecule has 0 amide bonds. The summed E-state index contributed by atoms with van der Waals surface area (Å²) in [7, 11) is 1.88. The van der Waals surface area contributed by atoms with E-state index in [0.717, 1.165) is 18.0 Å². The van der Waals surface area contributed by atoms with Crippen molar-refractivity contribution in [2.24, 2.45) is 5.92 Å². The maximum absolute atomic E-state index is 5.67. The molecule has 0 aromatic rings. The second-order valence-electron chi connectivity index (χ2n) is 7.09. The molecule has 5 atom stereocenters. The van der Waals surface area contributed by atoms with E-state index < -0.39 is 0 Å². The minimum atomic E-state index is 0.455. The van der Waals surface area contributed by atoms with Crippen LogP contribution in [0.25, 0.3) is 0 Å². The van der Waals surface area contributed by atoms with Crippen LogP contribution in [-0.2, 0) is 4.74 Å². The molecule has 20 heavy (non-hydrogen) atoms. The lowest BCUT2D eigenvalue weighted by atomic mass is 9.77. The largest absolute Gasteiger partial charge is 0.380 e. The van der Waals surface area contributed by atoms with Gasteiger partial charge in [0, 0.05) is 25.2 Å². The smallest absolute Gasteiger partial charge is 0.0724 e. The first-order valence-electron chi connectivity index (χ1n) is 8.90. The minimum absolute atomic E-state index is 0.455. The molecule has 2 saturated carbocycles. The number of hydrogen-bond donors (Lipinski definition) is 2. The molecular formula is C17H32N2O. The number of rotatable bonds is 4. The van der Waals surface area contributed by atoms with Crippen molar-refractivity contribution in [1.29, 1.82) is 0 Å². The quantitative estimate of drug-likeness (QED) is 0.831. The summed E-state index contributed by atoms with van der Waals surface area (Å²) in [6.45, 7) is 1.23. The summed E-state index contributed by atoms with van der Waals surface area (Å²) in [5, 5.41) is 7.80. The van der Waals surface area contributed by atoms with Gasteiger partial charge in [-0.05, 0) is 57.4 Å². The second-order valence-corrected chi connectivity index (χ2v) is 7.09. The van der Waals surface area contributed by atoms with Gasteiger partial charge in [0.15, 0.2) is 0 Å². The molecule has 0 spiro atoms. The fourth-order valence-electron chi connectivity index (χ4n) is 4.77. The molecule has 116 valence electrons. The van der Waals surface area contributed by atoms with Crippen LogP contribution in [-0.4, -0.2) is 37.9 Å². The van der Waals surface area contributed by atoms with Gasteiger partial charge in [0.2, 0.25) is 0 Å². The number of piperidine rings is 1. The Morgan fingerprint density at radius 1 is 0.850 bits per heavy atom. The lowest BCUT2D eigenvalue weighted by molar-refractivity contribution is 0.0698. The van der Waals surface area contributed by atoms with Crippen LogP contribution in [0.3, 0.4) is 0 Å². The molecular weight excluding hydrogens is 248 g/mol. The highest BCUT2D eigenvalue weighted by Crippen LogP contribution is 2.32. The fourth-order valence-corrected chi connectivity index (χ4v) is 4.77. The summed E-state index contributed by atoms with van der Waals surface area (Å²) in [4.78, 5) is 0. The summed E-state index contributed by atoms with van der Waals surface area (Å²) in [6.07, 6.45) is 14.1. The molecule has 1 heterocycles. The molecule has 0 aromatic heterocycles. The Morgan fingerprint density at radius 2 is 1.65 bits per heavy atom. The third-order valence-corrected chi connectivity index (χ3v) is 5.87. The lowest BCUT2D eigenvalue weighted by Gasteiger charge is -2.41. The van der Waals surface area contributed by atoms with Gasteiger partial charge < -0.3 is 15.4 Å². The van der Waals surface area contributed by atoms with E-state index in [1.807, 2.05) is 7.11 Å². The van der Waals surface area contributed by atoms with Crippen molar-refractivity contribution in [1.82, 2.24) is 10.6 Å². The second kappa shape index (κ2) is 7.24. The Morgan fingerprint density at radius 3 is 2.45 bits per heavy atom. The van der Waals surface area contributed by atoms with Crippen molar-refractivity contribution in [2.75, 3.05) is 13.7 Å². The molecule has 3 rings (SSSR count). The Balaban J connectivity index is 1.59. The van der Waals surface area contributed by atoms with Crippen molar-refractivity contribution in [3.8, 4) is 0 Å². The van der Waals surface area contributed by atoms with Crippen LogP contribution in [0, 0.1) is 5.92 Å². The van der Waals surface area contributed by atoms with Gasteiger partial charge in [-0.2, -0.15) is 0 Å². The summed E-state index contributed by atoms with van der Waals surface area (Å²) < 4.78 is 5.67. The summed E-state index contributed by atoms with van der Waals surface area (Å²) >= 11 is 0. The van der Waals surface area contributed by atoms with Crippen molar-refractivity contribution >= 4 is 0 Å². The summed E-state index contributed by atoms with van der Waals surface area (Å²) in [5.41, 5.74) is 0. The first kappa shape index (κ1) is 14.8. The van der Waals surface area contributed by atoms with Gasteiger partial charge in [-0.15, -0.1) is 0 Å². The molecule has 2 N–H and O–H groups in total. The van der Waals surface area contributed by atoms with Gasteiger partial charge >= 0.3 is 0 Å². The van der Waals surface area contributed by atoms with Crippen LogP contribution in [0.4, 0.5) is 0 Å². The topological polar surface area (TPSA) is 33.3 Å². The Hall–Kier alpha value is -0.120. The van der Waals surface area contributed by atoms with E-state index in [0.29, 0.717) is 12.1 Å². The zero-order chi connectivity index (χ0) is 13.8. The SMILES string of the molecule is COC1CCCC1NC1CCCCC1C1CCCCN1. The fraction of sp³-hybridized carbons (Fsp3) is 1.00. The molecule has 3 aliphatic rings. The highest BCUT2D eigenvalue weighted by atomic mass is 16.5. The third kappa shape index (κ3) is 3.37.